The van der Waals surface area contributed by atoms with E-state index < -0.39 is 5.95 Å². The molecule has 0 amide bonds. The van der Waals surface area contributed by atoms with Crippen LogP contribution in [0, 0.1) is 5.95 Å². The molecule has 0 fully saturated rings. The summed E-state index contributed by atoms with van der Waals surface area (Å²) in [7, 11) is 1.56. The zero-order valence-electron chi connectivity index (χ0n) is 8.95. The molecular weight excluding hydrogens is 289 g/mol. The number of anilines is 2. The molecular formula is C11H9BrFN3O. The lowest BCUT2D eigenvalue weighted by atomic mass is 10.3. The topological polar surface area (TPSA) is 47.0 Å². The van der Waals surface area contributed by atoms with Gasteiger partial charge in [-0.25, -0.2) is 9.97 Å². The summed E-state index contributed by atoms with van der Waals surface area (Å²) >= 11 is 3.35. The molecule has 0 saturated carbocycles. The molecule has 1 aromatic heterocycles. The molecule has 0 aliphatic rings. The van der Waals surface area contributed by atoms with Crippen LogP contribution in [-0.4, -0.2) is 17.1 Å². The minimum Gasteiger partial charge on any atom is -0.495 e. The third-order valence-corrected chi connectivity index (χ3v) is 2.55. The maximum absolute atomic E-state index is 12.9. The number of halogens is 2. The highest BCUT2D eigenvalue weighted by molar-refractivity contribution is 9.10. The van der Waals surface area contributed by atoms with Gasteiger partial charge in [0.05, 0.1) is 12.8 Å². The molecule has 0 aliphatic heterocycles. The van der Waals surface area contributed by atoms with Crippen molar-refractivity contribution in [3.8, 4) is 5.75 Å². The van der Waals surface area contributed by atoms with Crippen molar-refractivity contribution in [1.82, 2.24) is 9.97 Å². The SMILES string of the molecule is COc1ccc(Br)cc1Nc1cc(F)ncn1. The monoisotopic (exact) mass is 297 g/mol. The van der Waals surface area contributed by atoms with Gasteiger partial charge in [0.1, 0.15) is 17.9 Å². The van der Waals surface area contributed by atoms with Crippen molar-refractivity contribution >= 4 is 27.4 Å². The summed E-state index contributed by atoms with van der Waals surface area (Å²) in [5.41, 5.74) is 0.694. The second-order valence-electron chi connectivity index (χ2n) is 3.20. The van der Waals surface area contributed by atoms with Gasteiger partial charge in [-0.05, 0) is 18.2 Å². The molecule has 1 aromatic carbocycles. The van der Waals surface area contributed by atoms with E-state index >= 15 is 0 Å². The first-order valence-corrected chi connectivity index (χ1v) is 5.56. The number of aromatic nitrogens is 2. The zero-order chi connectivity index (χ0) is 12.3. The lowest BCUT2D eigenvalue weighted by molar-refractivity contribution is 0.416. The molecule has 0 saturated heterocycles. The van der Waals surface area contributed by atoms with E-state index in [4.69, 9.17) is 4.74 Å². The molecule has 0 aliphatic carbocycles. The quantitative estimate of drug-likeness (QED) is 0.884. The third kappa shape index (κ3) is 2.91. The van der Waals surface area contributed by atoms with Gasteiger partial charge < -0.3 is 10.1 Å². The second kappa shape index (κ2) is 5.09. The molecule has 88 valence electrons. The number of benzene rings is 1. The van der Waals surface area contributed by atoms with E-state index in [9.17, 15) is 4.39 Å². The van der Waals surface area contributed by atoms with Gasteiger partial charge >= 0.3 is 0 Å². The van der Waals surface area contributed by atoms with Crippen LogP contribution in [0.15, 0.2) is 35.1 Å². The number of rotatable bonds is 3. The predicted octanol–water partition coefficient (Wildman–Crippen LogP) is 3.13. The van der Waals surface area contributed by atoms with Crippen molar-refractivity contribution in [2.75, 3.05) is 12.4 Å². The van der Waals surface area contributed by atoms with Crippen molar-refractivity contribution < 1.29 is 9.13 Å². The van der Waals surface area contributed by atoms with Crippen LogP contribution in [-0.2, 0) is 0 Å². The molecule has 2 rings (SSSR count). The van der Waals surface area contributed by atoms with Gasteiger partial charge in [-0.15, -0.1) is 0 Å². The van der Waals surface area contributed by atoms with Gasteiger partial charge in [-0.2, -0.15) is 4.39 Å². The molecule has 0 bridgehead atoms. The van der Waals surface area contributed by atoms with Crippen LogP contribution in [0.5, 0.6) is 5.75 Å². The van der Waals surface area contributed by atoms with E-state index in [-0.39, 0.29) is 0 Å². The van der Waals surface area contributed by atoms with E-state index in [0.717, 1.165) is 10.8 Å². The minimum atomic E-state index is -0.587. The van der Waals surface area contributed by atoms with Gasteiger partial charge in [-0.3, -0.25) is 0 Å². The molecule has 0 radical (unpaired) electrons. The first-order chi connectivity index (χ1) is 8.19. The number of nitrogens with zero attached hydrogens (tertiary/aromatic N) is 2. The van der Waals surface area contributed by atoms with Crippen molar-refractivity contribution in [3.63, 3.8) is 0 Å². The summed E-state index contributed by atoms with van der Waals surface area (Å²) in [6.07, 6.45) is 1.15. The molecule has 0 unspecified atom stereocenters. The highest BCUT2D eigenvalue weighted by Crippen LogP contribution is 2.29. The largest absolute Gasteiger partial charge is 0.495 e. The Hall–Kier alpha value is -1.69. The van der Waals surface area contributed by atoms with E-state index in [1.807, 2.05) is 12.1 Å². The molecule has 0 spiro atoms. The standard InChI is InChI=1S/C11H9BrFN3O/c1-17-9-3-2-7(12)4-8(9)16-11-5-10(13)14-6-15-11/h2-6H,1H3,(H,14,15,16). The summed E-state index contributed by atoms with van der Waals surface area (Å²) in [6, 6.07) is 6.67. The number of hydrogen-bond donors (Lipinski definition) is 1. The molecule has 2 aromatic rings. The fourth-order valence-electron chi connectivity index (χ4n) is 1.32. The number of methoxy groups -OCH3 is 1. The summed E-state index contributed by atoms with van der Waals surface area (Å²) in [5, 5.41) is 2.96. The molecule has 17 heavy (non-hydrogen) atoms. The van der Waals surface area contributed by atoms with Crippen LogP contribution < -0.4 is 10.1 Å². The van der Waals surface area contributed by atoms with Crippen molar-refractivity contribution in [2.24, 2.45) is 0 Å². The van der Waals surface area contributed by atoms with Crippen molar-refractivity contribution in [1.29, 1.82) is 0 Å². The Morgan fingerprint density at radius 2 is 2.12 bits per heavy atom. The van der Waals surface area contributed by atoms with E-state index in [1.165, 1.54) is 6.07 Å². The number of nitrogens with one attached hydrogen (secondary N) is 1. The van der Waals surface area contributed by atoms with Gasteiger partial charge in [-0.1, -0.05) is 15.9 Å². The Morgan fingerprint density at radius 1 is 1.29 bits per heavy atom. The van der Waals surface area contributed by atoms with Crippen LogP contribution >= 0.6 is 15.9 Å². The van der Waals surface area contributed by atoms with E-state index in [0.29, 0.717) is 17.3 Å². The first-order valence-electron chi connectivity index (χ1n) is 4.77. The number of hydrogen-bond acceptors (Lipinski definition) is 4. The summed E-state index contributed by atoms with van der Waals surface area (Å²) in [4.78, 5) is 7.29. The van der Waals surface area contributed by atoms with Crippen molar-refractivity contribution in [2.45, 2.75) is 0 Å². The normalized spacial score (nSPS) is 10.1. The molecule has 1 heterocycles. The van der Waals surface area contributed by atoms with Crippen LogP contribution in [0.4, 0.5) is 15.9 Å². The second-order valence-corrected chi connectivity index (χ2v) is 4.11. The molecule has 4 nitrogen and oxygen atoms in total. The Balaban J connectivity index is 2.32. The highest BCUT2D eigenvalue weighted by atomic mass is 79.9. The fraction of sp³-hybridized carbons (Fsp3) is 0.0909. The average molecular weight is 298 g/mol. The summed E-state index contributed by atoms with van der Waals surface area (Å²) in [5.74, 6) is 0.428. The van der Waals surface area contributed by atoms with Gasteiger partial charge in [0.2, 0.25) is 5.95 Å². The predicted molar refractivity (Wildman–Crippen MR) is 66.0 cm³/mol. The van der Waals surface area contributed by atoms with Crippen LogP contribution in [0.2, 0.25) is 0 Å². The van der Waals surface area contributed by atoms with Crippen LogP contribution in [0.1, 0.15) is 0 Å². The Bertz CT molecular complexity index is 536. The maximum atomic E-state index is 12.9. The Morgan fingerprint density at radius 3 is 2.82 bits per heavy atom. The molecule has 1 N–H and O–H groups in total. The third-order valence-electron chi connectivity index (χ3n) is 2.06. The fourth-order valence-corrected chi connectivity index (χ4v) is 1.68. The average Bonchev–Trinajstić information content (AvgIpc) is 2.29. The van der Waals surface area contributed by atoms with E-state index in [2.05, 4.69) is 31.2 Å². The lowest BCUT2D eigenvalue weighted by Crippen LogP contribution is -1.98. The highest BCUT2D eigenvalue weighted by Gasteiger charge is 2.05. The zero-order valence-corrected chi connectivity index (χ0v) is 10.5. The minimum absolute atomic E-state index is 0.369. The number of ether oxygens (including phenoxy) is 1. The van der Waals surface area contributed by atoms with Gasteiger partial charge in [0.15, 0.2) is 0 Å². The van der Waals surface area contributed by atoms with Crippen LogP contribution in [0.3, 0.4) is 0 Å². The molecule has 0 atom stereocenters. The van der Waals surface area contributed by atoms with Gasteiger partial charge in [0.25, 0.3) is 0 Å². The van der Waals surface area contributed by atoms with Crippen molar-refractivity contribution in [3.05, 3.63) is 41.0 Å². The Kier molecular flexibility index (Phi) is 3.53. The Labute approximate surface area is 106 Å². The molecule has 6 heteroatoms. The smallest absolute Gasteiger partial charge is 0.218 e. The van der Waals surface area contributed by atoms with Gasteiger partial charge in [0, 0.05) is 10.5 Å². The van der Waals surface area contributed by atoms with Crippen LogP contribution in [0.25, 0.3) is 0 Å². The summed E-state index contributed by atoms with van der Waals surface area (Å²) < 4.78 is 19.0. The maximum Gasteiger partial charge on any atom is 0.218 e. The summed E-state index contributed by atoms with van der Waals surface area (Å²) in [6.45, 7) is 0. The van der Waals surface area contributed by atoms with E-state index in [1.54, 1.807) is 13.2 Å². The first kappa shape index (κ1) is 11.8. The lowest BCUT2D eigenvalue weighted by Gasteiger charge is -2.10.